The summed E-state index contributed by atoms with van der Waals surface area (Å²) >= 11 is 0. The zero-order chi connectivity index (χ0) is 19.9. The van der Waals surface area contributed by atoms with Crippen molar-refractivity contribution in [2.24, 2.45) is 11.8 Å². The molecule has 3 unspecified atom stereocenters. The minimum atomic E-state index is -0.255. The Morgan fingerprint density at radius 3 is 2.07 bits per heavy atom. The van der Waals surface area contributed by atoms with E-state index in [2.05, 4.69) is 78.8 Å². The lowest BCUT2D eigenvalue weighted by molar-refractivity contribution is 0.00578. The third-order valence-electron chi connectivity index (χ3n) is 8.00. The normalized spacial score (nSPS) is 32.9. The van der Waals surface area contributed by atoms with Gasteiger partial charge in [0.1, 0.15) is 0 Å². The molecule has 1 aliphatic heterocycles. The fourth-order valence-electron chi connectivity index (χ4n) is 5.62. The molecule has 0 amide bonds. The van der Waals surface area contributed by atoms with Gasteiger partial charge >= 0.3 is 7.12 Å². The third kappa shape index (κ3) is 3.40. The summed E-state index contributed by atoms with van der Waals surface area (Å²) in [5.41, 5.74) is 0.987. The molecular weight excluding hydrogens is 331 g/mol. The quantitative estimate of drug-likeness (QED) is 0.488. The van der Waals surface area contributed by atoms with Gasteiger partial charge in [0.2, 0.25) is 0 Å². The summed E-state index contributed by atoms with van der Waals surface area (Å²) < 4.78 is 13.3. The summed E-state index contributed by atoms with van der Waals surface area (Å²) in [7, 11) is -0.0941. The van der Waals surface area contributed by atoms with Crippen molar-refractivity contribution in [1.29, 1.82) is 0 Å². The van der Waals surface area contributed by atoms with E-state index in [1.165, 1.54) is 31.2 Å². The van der Waals surface area contributed by atoms with Crippen LogP contribution in [0.2, 0.25) is 5.31 Å². The minimum absolute atomic E-state index is 0.0941. The molecule has 1 saturated heterocycles. The molecular formula is C24H39BO2. The highest BCUT2D eigenvalue weighted by atomic mass is 16.7. The molecule has 1 aromatic rings. The first-order chi connectivity index (χ1) is 12.7. The van der Waals surface area contributed by atoms with E-state index in [1.54, 1.807) is 0 Å². The van der Waals surface area contributed by atoms with Crippen molar-refractivity contribution in [2.75, 3.05) is 0 Å². The lowest BCUT2D eigenvalue weighted by Gasteiger charge is -2.59. The van der Waals surface area contributed by atoms with E-state index >= 15 is 0 Å². The summed E-state index contributed by atoms with van der Waals surface area (Å²) in [4.78, 5) is 0. The highest BCUT2D eigenvalue weighted by Crippen LogP contribution is 2.70. The molecule has 3 heteroatoms. The smallest absolute Gasteiger partial charge is 0.403 e. The maximum absolute atomic E-state index is 6.63. The molecule has 2 aliphatic rings. The second kappa shape index (κ2) is 7.56. The summed E-state index contributed by atoms with van der Waals surface area (Å²) in [6.45, 7) is 15.8. The predicted molar refractivity (Wildman–Crippen MR) is 115 cm³/mol. The Kier molecular flexibility index (Phi) is 5.86. The van der Waals surface area contributed by atoms with Crippen LogP contribution >= 0.6 is 0 Å². The topological polar surface area (TPSA) is 18.5 Å². The highest BCUT2D eigenvalue weighted by Gasteiger charge is 2.67. The number of hydrogen-bond donors (Lipinski definition) is 0. The van der Waals surface area contributed by atoms with Crippen molar-refractivity contribution in [2.45, 2.75) is 103 Å². The van der Waals surface area contributed by atoms with Crippen LogP contribution in [0.4, 0.5) is 0 Å². The summed E-state index contributed by atoms with van der Waals surface area (Å²) in [5.74, 6) is 1.99. The first kappa shape index (κ1) is 20.9. The van der Waals surface area contributed by atoms with Crippen molar-refractivity contribution < 1.29 is 9.31 Å². The Balaban J connectivity index is 1.96. The average molecular weight is 370 g/mol. The Morgan fingerprint density at radius 2 is 1.59 bits per heavy atom. The monoisotopic (exact) mass is 370 g/mol. The second-order valence-corrected chi connectivity index (χ2v) is 9.88. The Labute approximate surface area is 167 Å². The van der Waals surface area contributed by atoms with Gasteiger partial charge in [-0.15, -0.1) is 0 Å². The molecule has 27 heavy (non-hydrogen) atoms. The van der Waals surface area contributed by atoms with Crippen molar-refractivity contribution in [3.63, 3.8) is 0 Å². The first-order valence-electron chi connectivity index (χ1n) is 11.1. The van der Waals surface area contributed by atoms with Gasteiger partial charge in [0.05, 0.1) is 11.2 Å². The van der Waals surface area contributed by atoms with Crippen molar-refractivity contribution in [3.8, 4) is 0 Å². The van der Waals surface area contributed by atoms with Crippen LogP contribution in [0.15, 0.2) is 30.3 Å². The minimum Gasteiger partial charge on any atom is -0.403 e. The molecule has 1 aliphatic carbocycles. The molecule has 3 rings (SSSR count). The van der Waals surface area contributed by atoms with Gasteiger partial charge in [-0.3, -0.25) is 0 Å². The molecule has 150 valence electrons. The highest BCUT2D eigenvalue weighted by molar-refractivity contribution is 6.50. The largest absolute Gasteiger partial charge is 0.464 e. The molecule has 0 radical (unpaired) electrons. The van der Waals surface area contributed by atoms with Gasteiger partial charge < -0.3 is 9.31 Å². The van der Waals surface area contributed by atoms with Crippen LogP contribution in [0, 0.1) is 11.8 Å². The average Bonchev–Trinajstić information content (AvgIpc) is 2.83. The molecule has 0 N–H and O–H groups in total. The molecule has 1 heterocycles. The van der Waals surface area contributed by atoms with Crippen molar-refractivity contribution in [3.05, 3.63) is 35.9 Å². The predicted octanol–water partition coefficient (Wildman–Crippen LogP) is 6.86. The lowest BCUT2D eigenvalue weighted by atomic mass is 9.34. The first-order valence-corrected chi connectivity index (χ1v) is 11.1. The van der Waals surface area contributed by atoms with E-state index in [1.807, 2.05) is 0 Å². The van der Waals surface area contributed by atoms with Gasteiger partial charge in [0, 0.05) is 5.31 Å². The van der Waals surface area contributed by atoms with Crippen LogP contribution < -0.4 is 0 Å². The maximum atomic E-state index is 6.63. The zero-order valence-electron chi connectivity index (χ0n) is 18.5. The van der Waals surface area contributed by atoms with E-state index in [-0.39, 0.29) is 23.6 Å². The van der Waals surface area contributed by atoms with Crippen LogP contribution in [0.5, 0.6) is 0 Å². The summed E-state index contributed by atoms with van der Waals surface area (Å²) in [6.07, 6.45) is 6.09. The Morgan fingerprint density at radius 1 is 1.00 bits per heavy atom. The third-order valence-corrected chi connectivity index (χ3v) is 8.00. The molecule has 1 saturated carbocycles. The molecule has 4 atom stereocenters. The van der Waals surface area contributed by atoms with Crippen molar-refractivity contribution >= 4 is 7.12 Å². The SMILES string of the molecule is CCCC(CC)C1C(c2ccccc2)C[C@@]1(CC)B1OC(C)(C)C(C)(C)O1. The molecule has 0 aromatic heterocycles. The van der Waals surface area contributed by atoms with Crippen LogP contribution in [-0.2, 0) is 9.31 Å². The van der Waals surface area contributed by atoms with E-state index in [0.29, 0.717) is 11.8 Å². The summed E-state index contributed by atoms with van der Waals surface area (Å²) in [6, 6.07) is 11.1. The number of rotatable bonds is 7. The Hall–Kier alpha value is -0.795. The molecule has 2 nitrogen and oxygen atoms in total. The Bertz CT molecular complexity index is 611. The molecule has 1 aromatic carbocycles. The standard InChI is InChI=1S/C24H39BO2/c1-8-14-18(9-2)21-20(19-15-12-11-13-16-19)17-24(21,10-3)25-26-22(4,5)23(6,7)27-25/h11-13,15-16,18,20-21H,8-10,14,17H2,1-7H3/t18?,20?,21?,24-/m1/s1. The number of benzene rings is 1. The van der Waals surface area contributed by atoms with Crippen LogP contribution in [0.25, 0.3) is 0 Å². The van der Waals surface area contributed by atoms with E-state index in [4.69, 9.17) is 9.31 Å². The van der Waals surface area contributed by atoms with Gasteiger partial charge in [0.25, 0.3) is 0 Å². The molecule has 2 fully saturated rings. The van der Waals surface area contributed by atoms with Gasteiger partial charge in [-0.05, 0) is 57.4 Å². The lowest BCUT2D eigenvalue weighted by Crippen LogP contribution is -2.54. The van der Waals surface area contributed by atoms with E-state index in [9.17, 15) is 0 Å². The van der Waals surface area contributed by atoms with E-state index < -0.39 is 0 Å². The maximum Gasteiger partial charge on any atom is 0.464 e. The fraction of sp³-hybridized carbons (Fsp3) is 0.750. The van der Waals surface area contributed by atoms with Crippen molar-refractivity contribution in [1.82, 2.24) is 0 Å². The molecule has 0 bridgehead atoms. The van der Waals surface area contributed by atoms with Gasteiger partial charge in [0.15, 0.2) is 0 Å². The number of hydrogen-bond acceptors (Lipinski definition) is 2. The molecule has 0 spiro atoms. The van der Waals surface area contributed by atoms with Gasteiger partial charge in [-0.25, -0.2) is 0 Å². The zero-order valence-corrected chi connectivity index (χ0v) is 18.5. The van der Waals surface area contributed by atoms with Crippen LogP contribution in [-0.4, -0.2) is 18.3 Å². The van der Waals surface area contributed by atoms with Gasteiger partial charge in [-0.1, -0.05) is 76.8 Å². The van der Waals surface area contributed by atoms with Gasteiger partial charge in [-0.2, -0.15) is 0 Å². The fourth-order valence-corrected chi connectivity index (χ4v) is 5.62. The second-order valence-electron chi connectivity index (χ2n) is 9.88. The van der Waals surface area contributed by atoms with Crippen LogP contribution in [0.3, 0.4) is 0 Å². The van der Waals surface area contributed by atoms with E-state index in [0.717, 1.165) is 12.3 Å². The summed E-state index contributed by atoms with van der Waals surface area (Å²) in [5, 5.41) is 0.126. The van der Waals surface area contributed by atoms with Crippen LogP contribution in [0.1, 0.15) is 92.1 Å².